The Bertz CT molecular complexity index is 797. The molecule has 8 heteroatoms. The number of methoxy groups -OCH3 is 1. The summed E-state index contributed by atoms with van der Waals surface area (Å²) in [6.45, 7) is 1.62. The van der Waals surface area contributed by atoms with Crippen molar-refractivity contribution < 1.29 is 27.8 Å². The van der Waals surface area contributed by atoms with Crippen LogP contribution < -0.4 is 9.47 Å². The number of carbonyl (C=O) groups excluding carboxylic acids is 1. The summed E-state index contributed by atoms with van der Waals surface area (Å²) >= 11 is 12.2. The van der Waals surface area contributed by atoms with Crippen molar-refractivity contribution in [2.75, 3.05) is 7.11 Å². The zero-order valence-electron chi connectivity index (χ0n) is 14.0. The zero-order chi connectivity index (χ0) is 19.3. The topological polar surface area (TPSA) is 44.8 Å². The summed E-state index contributed by atoms with van der Waals surface area (Å²) in [6, 6.07) is 7.29. The maximum Gasteiger partial charge on any atom is 0.513 e. The SMILES string of the molecule is CCc1cc(C(F)F)c(OCc2c(Cl)cccc2OC(=O)OC)cc1Cl. The number of rotatable bonds is 6. The second-order valence-corrected chi connectivity index (χ2v) is 6.01. The molecule has 2 rings (SSSR count). The van der Waals surface area contributed by atoms with Crippen LogP contribution in [-0.2, 0) is 17.8 Å². The molecular formula is C18H16Cl2F2O4. The van der Waals surface area contributed by atoms with Crippen LogP contribution in [0.25, 0.3) is 0 Å². The summed E-state index contributed by atoms with van der Waals surface area (Å²) in [6.07, 6.45) is -3.15. The van der Waals surface area contributed by atoms with Gasteiger partial charge >= 0.3 is 6.16 Å². The van der Waals surface area contributed by atoms with Crippen LogP contribution in [0.4, 0.5) is 13.6 Å². The van der Waals surface area contributed by atoms with Crippen LogP contribution in [-0.4, -0.2) is 13.3 Å². The van der Waals surface area contributed by atoms with E-state index in [1.807, 2.05) is 6.92 Å². The van der Waals surface area contributed by atoms with E-state index in [2.05, 4.69) is 4.74 Å². The number of halogens is 4. The first-order valence-electron chi connectivity index (χ1n) is 7.63. The molecule has 0 aliphatic heterocycles. The van der Waals surface area contributed by atoms with Gasteiger partial charge in [-0.1, -0.05) is 36.2 Å². The van der Waals surface area contributed by atoms with Gasteiger partial charge in [0.05, 0.1) is 23.3 Å². The molecular weight excluding hydrogens is 389 g/mol. The fourth-order valence-electron chi connectivity index (χ4n) is 2.24. The summed E-state index contributed by atoms with van der Waals surface area (Å²) in [4.78, 5) is 11.3. The van der Waals surface area contributed by atoms with E-state index < -0.39 is 12.6 Å². The van der Waals surface area contributed by atoms with Crippen LogP contribution in [0.1, 0.15) is 30.0 Å². The van der Waals surface area contributed by atoms with Gasteiger partial charge in [0.15, 0.2) is 0 Å². The van der Waals surface area contributed by atoms with Crippen molar-refractivity contribution in [1.82, 2.24) is 0 Å². The summed E-state index contributed by atoms with van der Waals surface area (Å²) in [5.41, 5.74) is 0.644. The van der Waals surface area contributed by atoms with E-state index in [9.17, 15) is 13.6 Å². The van der Waals surface area contributed by atoms with Crippen molar-refractivity contribution >= 4 is 29.4 Å². The number of hydrogen-bond donors (Lipinski definition) is 0. The third kappa shape index (κ3) is 4.77. The fourth-order valence-corrected chi connectivity index (χ4v) is 2.75. The average molecular weight is 405 g/mol. The molecule has 26 heavy (non-hydrogen) atoms. The Morgan fingerprint density at radius 3 is 2.50 bits per heavy atom. The fraction of sp³-hybridized carbons (Fsp3) is 0.278. The van der Waals surface area contributed by atoms with Gasteiger partial charge < -0.3 is 14.2 Å². The standard InChI is InChI=1S/C18H16Cl2F2O4/c1-3-10-7-11(17(21)22)16(8-14(10)20)25-9-12-13(19)5-4-6-15(12)26-18(23)24-2/h4-8,17H,3,9H2,1-2H3. The van der Waals surface area contributed by atoms with Crippen LogP contribution in [0.15, 0.2) is 30.3 Å². The number of hydrogen-bond acceptors (Lipinski definition) is 4. The Morgan fingerprint density at radius 1 is 1.15 bits per heavy atom. The molecule has 0 heterocycles. The largest absolute Gasteiger partial charge is 0.513 e. The highest BCUT2D eigenvalue weighted by Gasteiger charge is 2.19. The number of ether oxygens (including phenoxy) is 3. The molecule has 0 fully saturated rings. The highest BCUT2D eigenvalue weighted by atomic mass is 35.5. The first-order chi connectivity index (χ1) is 12.4. The maximum absolute atomic E-state index is 13.3. The molecule has 0 saturated carbocycles. The van der Waals surface area contributed by atoms with Gasteiger partial charge in [-0.05, 0) is 36.2 Å². The Balaban J connectivity index is 2.32. The molecule has 0 aromatic heterocycles. The van der Waals surface area contributed by atoms with Crippen molar-refractivity contribution in [3.63, 3.8) is 0 Å². The monoisotopic (exact) mass is 404 g/mol. The predicted molar refractivity (Wildman–Crippen MR) is 94.6 cm³/mol. The summed E-state index contributed by atoms with van der Waals surface area (Å²) in [5, 5.41) is 0.582. The smallest absolute Gasteiger partial charge is 0.488 e. The Labute approximate surface area is 159 Å². The minimum absolute atomic E-state index is 0.0638. The van der Waals surface area contributed by atoms with E-state index >= 15 is 0 Å². The molecule has 0 spiro atoms. The van der Waals surface area contributed by atoms with Gasteiger partial charge in [-0.25, -0.2) is 13.6 Å². The summed E-state index contributed by atoms with van der Waals surface area (Å²) < 4.78 is 41.6. The molecule has 0 radical (unpaired) electrons. The molecule has 0 N–H and O–H groups in total. The summed E-state index contributed by atoms with van der Waals surface area (Å²) in [7, 11) is 1.16. The highest BCUT2D eigenvalue weighted by molar-refractivity contribution is 6.31. The normalized spacial score (nSPS) is 10.7. The van der Waals surface area contributed by atoms with Crippen LogP contribution >= 0.6 is 23.2 Å². The number of benzene rings is 2. The quantitative estimate of drug-likeness (QED) is 0.423. The van der Waals surface area contributed by atoms with Gasteiger partial charge in [-0.3, -0.25) is 0 Å². The molecule has 0 atom stereocenters. The molecule has 0 unspecified atom stereocenters. The number of carbonyl (C=O) groups is 1. The lowest BCUT2D eigenvalue weighted by Gasteiger charge is -2.16. The lowest BCUT2D eigenvalue weighted by molar-refractivity contribution is 0.120. The lowest BCUT2D eigenvalue weighted by Crippen LogP contribution is -2.10. The molecule has 2 aromatic rings. The maximum atomic E-state index is 13.3. The van der Waals surface area contributed by atoms with Crippen molar-refractivity contribution in [2.45, 2.75) is 26.4 Å². The molecule has 4 nitrogen and oxygen atoms in total. The second kappa shape index (κ2) is 9.05. The van der Waals surface area contributed by atoms with E-state index in [-0.39, 0.29) is 28.7 Å². The zero-order valence-corrected chi connectivity index (χ0v) is 15.5. The van der Waals surface area contributed by atoms with Crippen molar-refractivity contribution in [1.29, 1.82) is 0 Å². The van der Waals surface area contributed by atoms with E-state index in [0.717, 1.165) is 7.11 Å². The minimum atomic E-state index is -2.73. The van der Waals surface area contributed by atoms with Gasteiger partial charge in [0.25, 0.3) is 6.43 Å². The van der Waals surface area contributed by atoms with Crippen LogP contribution in [0.3, 0.4) is 0 Å². The van der Waals surface area contributed by atoms with Gasteiger partial charge in [0.2, 0.25) is 0 Å². The van der Waals surface area contributed by atoms with Gasteiger partial charge in [-0.2, -0.15) is 0 Å². The summed E-state index contributed by atoms with van der Waals surface area (Å²) in [5.74, 6) is 0.0466. The van der Waals surface area contributed by atoms with E-state index in [1.54, 1.807) is 12.1 Å². The Kier molecular flexibility index (Phi) is 7.06. The first-order valence-corrected chi connectivity index (χ1v) is 8.39. The molecule has 140 valence electrons. The van der Waals surface area contributed by atoms with Gasteiger partial charge in [-0.15, -0.1) is 0 Å². The third-order valence-corrected chi connectivity index (χ3v) is 4.31. The molecule has 2 aromatic carbocycles. The second-order valence-electron chi connectivity index (χ2n) is 5.20. The van der Waals surface area contributed by atoms with Crippen LogP contribution in [0.5, 0.6) is 11.5 Å². The lowest BCUT2D eigenvalue weighted by atomic mass is 10.1. The Morgan fingerprint density at radius 2 is 1.88 bits per heavy atom. The predicted octanol–water partition coefficient (Wildman–Crippen LogP) is 6.22. The average Bonchev–Trinajstić information content (AvgIpc) is 2.60. The van der Waals surface area contributed by atoms with Gasteiger partial charge in [0, 0.05) is 5.02 Å². The molecule has 0 amide bonds. The molecule has 0 aliphatic rings. The first kappa shape index (κ1) is 20.3. The number of alkyl halides is 2. The Hall–Kier alpha value is -2.05. The highest BCUT2D eigenvalue weighted by Crippen LogP contribution is 2.36. The minimum Gasteiger partial charge on any atom is -0.488 e. The van der Waals surface area contributed by atoms with Gasteiger partial charge in [0.1, 0.15) is 18.1 Å². The van der Waals surface area contributed by atoms with Crippen molar-refractivity contribution in [2.24, 2.45) is 0 Å². The van der Waals surface area contributed by atoms with Crippen LogP contribution in [0.2, 0.25) is 10.0 Å². The van der Waals surface area contributed by atoms with E-state index in [0.29, 0.717) is 22.6 Å². The van der Waals surface area contributed by atoms with Crippen LogP contribution in [0, 0.1) is 0 Å². The van der Waals surface area contributed by atoms with E-state index in [4.69, 9.17) is 32.7 Å². The van der Waals surface area contributed by atoms with Crippen molar-refractivity contribution in [3.05, 3.63) is 57.1 Å². The molecule has 0 aliphatic carbocycles. The number of aryl methyl sites for hydroxylation is 1. The molecule has 0 bridgehead atoms. The molecule has 0 saturated heterocycles. The van der Waals surface area contributed by atoms with Crippen molar-refractivity contribution in [3.8, 4) is 11.5 Å². The third-order valence-electron chi connectivity index (χ3n) is 3.60. The van der Waals surface area contributed by atoms with E-state index in [1.165, 1.54) is 18.2 Å².